The maximum absolute atomic E-state index is 6.03. The van der Waals surface area contributed by atoms with Gasteiger partial charge < -0.3 is 10.1 Å². The number of hydrogen-bond donors (Lipinski definition) is 1. The summed E-state index contributed by atoms with van der Waals surface area (Å²) in [7, 11) is 1.64. The Kier molecular flexibility index (Phi) is 2.94. The summed E-state index contributed by atoms with van der Waals surface area (Å²) in [5, 5.41) is 3.97. The highest BCUT2D eigenvalue weighted by Gasteiger charge is 2.17. The monoisotopic (exact) mass is 211 g/mol. The van der Waals surface area contributed by atoms with Crippen LogP contribution in [0, 0.1) is 5.92 Å². The second-order valence-electron chi connectivity index (χ2n) is 3.70. The summed E-state index contributed by atoms with van der Waals surface area (Å²) in [6, 6.07) is 6.02. The van der Waals surface area contributed by atoms with Gasteiger partial charge in [-0.15, -0.1) is 0 Å². The quantitative estimate of drug-likeness (QED) is 0.827. The van der Waals surface area contributed by atoms with Crippen LogP contribution in [0.3, 0.4) is 0 Å². The number of nitrogens with one attached hydrogen (secondary N) is 1. The van der Waals surface area contributed by atoms with E-state index in [1.165, 1.54) is 5.56 Å². The molecule has 2 nitrogen and oxygen atoms in total. The second kappa shape index (κ2) is 4.20. The van der Waals surface area contributed by atoms with E-state index in [-0.39, 0.29) is 0 Å². The molecule has 0 atom stereocenters. The Morgan fingerprint density at radius 1 is 1.50 bits per heavy atom. The molecule has 1 aromatic rings. The van der Waals surface area contributed by atoms with E-state index in [4.69, 9.17) is 16.3 Å². The lowest BCUT2D eigenvalue weighted by atomic mass is 9.94. The standard InChI is InChI=1S/C11H14ClNO/c1-14-11-3-2-8(5-10(11)12)4-9-6-13-7-9/h2-3,5,9,13H,4,6-7H2,1H3. The summed E-state index contributed by atoms with van der Waals surface area (Å²) < 4.78 is 5.10. The molecule has 0 aromatic heterocycles. The zero-order chi connectivity index (χ0) is 9.97. The largest absolute Gasteiger partial charge is 0.495 e. The fraction of sp³-hybridized carbons (Fsp3) is 0.455. The van der Waals surface area contributed by atoms with Crippen LogP contribution in [-0.4, -0.2) is 20.2 Å². The lowest BCUT2D eigenvalue weighted by Gasteiger charge is -2.27. The van der Waals surface area contributed by atoms with Crippen LogP contribution < -0.4 is 10.1 Å². The highest BCUT2D eigenvalue weighted by molar-refractivity contribution is 6.32. The number of halogens is 1. The first-order chi connectivity index (χ1) is 6.79. The third kappa shape index (κ3) is 2.02. The van der Waals surface area contributed by atoms with Gasteiger partial charge >= 0.3 is 0 Å². The first-order valence-electron chi connectivity index (χ1n) is 4.82. The maximum atomic E-state index is 6.03. The van der Waals surface area contributed by atoms with Crippen molar-refractivity contribution in [3.05, 3.63) is 28.8 Å². The van der Waals surface area contributed by atoms with Crippen LogP contribution in [0.4, 0.5) is 0 Å². The molecule has 0 spiro atoms. The molecule has 0 aliphatic carbocycles. The fourth-order valence-electron chi connectivity index (χ4n) is 1.66. The summed E-state index contributed by atoms with van der Waals surface area (Å²) in [5.41, 5.74) is 1.29. The minimum atomic E-state index is 0.706. The summed E-state index contributed by atoms with van der Waals surface area (Å²) in [5.74, 6) is 1.53. The molecule has 0 saturated carbocycles. The van der Waals surface area contributed by atoms with Crippen molar-refractivity contribution in [3.8, 4) is 5.75 Å². The molecule has 0 amide bonds. The maximum Gasteiger partial charge on any atom is 0.137 e. The van der Waals surface area contributed by atoms with Crippen LogP contribution in [0.5, 0.6) is 5.75 Å². The van der Waals surface area contributed by atoms with Crippen LogP contribution in [0.2, 0.25) is 5.02 Å². The summed E-state index contributed by atoms with van der Waals surface area (Å²) in [6.45, 7) is 2.26. The molecule has 1 fully saturated rings. The van der Waals surface area contributed by atoms with Gasteiger partial charge in [0.15, 0.2) is 0 Å². The molecular formula is C11H14ClNO. The first kappa shape index (κ1) is 9.81. The molecule has 14 heavy (non-hydrogen) atoms. The van der Waals surface area contributed by atoms with Crippen molar-refractivity contribution in [3.63, 3.8) is 0 Å². The van der Waals surface area contributed by atoms with E-state index < -0.39 is 0 Å². The summed E-state index contributed by atoms with van der Waals surface area (Å²) in [6.07, 6.45) is 1.11. The van der Waals surface area contributed by atoms with Crippen molar-refractivity contribution in [2.24, 2.45) is 5.92 Å². The topological polar surface area (TPSA) is 21.3 Å². The summed E-state index contributed by atoms with van der Waals surface area (Å²) >= 11 is 6.03. The van der Waals surface area contributed by atoms with Gasteiger partial charge in [0.1, 0.15) is 5.75 Å². The number of ether oxygens (including phenoxy) is 1. The Morgan fingerprint density at radius 2 is 2.29 bits per heavy atom. The van der Waals surface area contributed by atoms with E-state index in [9.17, 15) is 0 Å². The molecule has 1 saturated heterocycles. The molecule has 1 aliphatic heterocycles. The lowest BCUT2D eigenvalue weighted by Crippen LogP contribution is -2.43. The number of rotatable bonds is 3. The van der Waals surface area contributed by atoms with Gasteiger partial charge in [-0.1, -0.05) is 17.7 Å². The Balaban J connectivity index is 2.07. The third-order valence-electron chi connectivity index (χ3n) is 2.61. The van der Waals surface area contributed by atoms with Crippen LogP contribution >= 0.6 is 11.6 Å². The van der Waals surface area contributed by atoms with Crippen molar-refractivity contribution in [2.45, 2.75) is 6.42 Å². The molecule has 3 heteroatoms. The van der Waals surface area contributed by atoms with Crippen molar-refractivity contribution >= 4 is 11.6 Å². The first-order valence-corrected chi connectivity index (χ1v) is 5.20. The average molecular weight is 212 g/mol. The van der Waals surface area contributed by atoms with E-state index in [2.05, 4.69) is 11.4 Å². The zero-order valence-corrected chi connectivity index (χ0v) is 8.97. The minimum absolute atomic E-state index is 0.706. The molecule has 1 N–H and O–H groups in total. The van der Waals surface area contributed by atoms with Crippen molar-refractivity contribution in [2.75, 3.05) is 20.2 Å². The van der Waals surface area contributed by atoms with Crippen molar-refractivity contribution in [1.82, 2.24) is 5.32 Å². The van der Waals surface area contributed by atoms with Gasteiger partial charge in [-0.3, -0.25) is 0 Å². The van der Waals surface area contributed by atoms with Gasteiger partial charge in [-0.05, 0) is 43.1 Å². The normalized spacial score (nSPS) is 16.4. The van der Waals surface area contributed by atoms with Gasteiger partial charge in [0.05, 0.1) is 12.1 Å². The third-order valence-corrected chi connectivity index (χ3v) is 2.90. The van der Waals surface area contributed by atoms with Gasteiger partial charge in [0, 0.05) is 0 Å². The van der Waals surface area contributed by atoms with E-state index >= 15 is 0 Å². The Bertz CT molecular complexity index is 323. The molecule has 0 radical (unpaired) electrons. The number of methoxy groups -OCH3 is 1. The molecule has 1 heterocycles. The minimum Gasteiger partial charge on any atom is -0.495 e. The van der Waals surface area contributed by atoms with Crippen LogP contribution in [0.25, 0.3) is 0 Å². The highest BCUT2D eigenvalue weighted by atomic mass is 35.5. The van der Waals surface area contributed by atoms with Gasteiger partial charge in [0.25, 0.3) is 0 Å². The number of benzene rings is 1. The van der Waals surface area contributed by atoms with Crippen molar-refractivity contribution < 1.29 is 4.74 Å². The van der Waals surface area contributed by atoms with E-state index in [1.54, 1.807) is 7.11 Å². The van der Waals surface area contributed by atoms with Crippen molar-refractivity contribution in [1.29, 1.82) is 0 Å². The number of hydrogen-bond acceptors (Lipinski definition) is 2. The molecule has 1 aliphatic rings. The van der Waals surface area contributed by atoms with Crippen LogP contribution in [0.1, 0.15) is 5.56 Å². The second-order valence-corrected chi connectivity index (χ2v) is 4.10. The van der Waals surface area contributed by atoms with Gasteiger partial charge in [0.2, 0.25) is 0 Å². The van der Waals surface area contributed by atoms with E-state index in [0.717, 1.165) is 31.2 Å². The highest BCUT2D eigenvalue weighted by Crippen LogP contribution is 2.26. The lowest BCUT2D eigenvalue weighted by molar-refractivity contribution is 0.346. The van der Waals surface area contributed by atoms with Gasteiger partial charge in [-0.25, -0.2) is 0 Å². The molecular weight excluding hydrogens is 198 g/mol. The molecule has 76 valence electrons. The SMILES string of the molecule is COc1ccc(CC2CNC2)cc1Cl. The van der Waals surface area contributed by atoms with Gasteiger partial charge in [-0.2, -0.15) is 0 Å². The Hall–Kier alpha value is -0.730. The van der Waals surface area contributed by atoms with Crippen LogP contribution in [0.15, 0.2) is 18.2 Å². The molecule has 0 bridgehead atoms. The molecule has 2 rings (SSSR count). The fourth-order valence-corrected chi connectivity index (χ4v) is 1.94. The van der Waals surface area contributed by atoms with E-state index in [1.807, 2.05) is 12.1 Å². The molecule has 0 unspecified atom stereocenters. The zero-order valence-electron chi connectivity index (χ0n) is 8.22. The van der Waals surface area contributed by atoms with Crippen LogP contribution in [-0.2, 0) is 6.42 Å². The predicted molar refractivity (Wildman–Crippen MR) is 58.1 cm³/mol. The Morgan fingerprint density at radius 3 is 2.79 bits per heavy atom. The average Bonchev–Trinajstić information content (AvgIpc) is 2.12. The predicted octanol–water partition coefficient (Wildman–Crippen LogP) is 2.11. The smallest absolute Gasteiger partial charge is 0.137 e. The summed E-state index contributed by atoms with van der Waals surface area (Å²) in [4.78, 5) is 0. The molecule has 1 aromatic carbocycles. The van der Waals surface area contributed by atoms with E-state index in [0.29, 0.717) is 5.02 Å². The Labute approximate surface area is 89.2 Å².